The average molecular weight is 283 g/mol. The second-order valence-corrected chi connectivity index (χ2v) is 6.11. The van der Waals surface area contributed by atoms with Crippen molar-refractivity contribution in [2.24, 2.45) is 0 Å². The molecule has 0 atom stereocenters. The van der Waals surface area contributed by atoms with Crippen LogP contribution in [0.4, 0.5) is 10.9 Å². The number of hydrogen-bond acceptors (Lipinski definition) is 6. The number of hydrogen-bond donors (Lipinski definition) is 2. The summed E-state index contributed by atoms with van der Waals surface area (Å²) in [5.41, 5.74) is 5.85. The number of piperazine rings is 1. The van der Waals surface area contributed by atoms with Crippen molar-refractivity contribution in [1.29, 1.82) is 0 Å². The van der Waals surface area contributed by atoms with Gasteiger partial charge in [0.1, 0.15) is 10.7 Å². The van der Waals surface area contributed by atoms with E-state index >= 15 is 0 Å². The highest BCUT2D eigenvalue weighted by Gasteiger charge is 2.22. The van der Waals surface area contributed by atoms with E-state index in [2.05, 4.69) is 27.1 Å². The van der Waals surface area contributed by atoms with Gasteiger partial charge in [0.05, 0.1) is 0 Å². The van der Waals surface area contributed by atoms with E-state index in [0.29, 0.717) is 10.7 Å². The number of thiazole rings is 1. The minimum Gasteiger partial charge on any atom is -0.382 e. The molecule has 1 saturated heterocycles. The van der Waals surface area contributed by atoms with Crippen LogP contribution in [0.1, 0.15) is 23.5 Å². The molecule has 3 N–H and O–H groups in total. The summed E-state index contributed by atoms with van der Waals surface area (Å²) in [5, 5.41) is 3.69. The summed E-state index contributed by atoms with van der Waals surface area (Å²) in [6, 6.07) is 0.0982. The second kappa shape index (κ2) is 5.75. The molecule has 1 fully saturated rings. The van der Waals surface area contributed by atoms with Crippen LogP contribution in [-0.4, -0.2) is 55.1 Å². The molecule has 106 valence electrons. The fourth-order valence-electron chi connectivity index (χ4n) is 1.94. The molecule has 6 nitrogen and oxygen atoms in total. The van der Waals surface area contributed by atoms with Crippen LogP contribution >= 0.6 is 11.3 Å². The Hall–Kier alpha value is -1.34. The molecular formula is C12H21N5OS. The molecule has 1 aliphatic heterocycles. The maximum atomic E-state index is 12.0. The molecule has 19 heavy (non-hydrogen) atoms. The maximum absolute atomic E-state index is 12.0. The molecular weight excluding hydrogens is 262 g/mol. The third-order valence-corrected chi connectivity index (χ3v) is 4.17. The van der Waals surface area contributed by atoms with Gasteiger partial charge < -0.3 is 20.9 Å². The molecule has 1 amide bonds. The molecule has 1 aromatic rings. The summed E-state index contributed by atoms with van der Waals surface area (Å²) in [5.74, 6) is 0.197. The molecule has 1 aromatic heterocycles. The van der Waals surface area contributed by atoms with Gasteiger partial charge in [-0.3, -0.25) is 4.79 Å². The van der Waals surface area contributed by atoms with Gasteiger partial charge in [-0.15, -0.1) is 0 Å². The summed E-state index contributed by atoms with van der Waals surface area (Å²) >= 11 is 1.38. The van der Waals surface area contributed by atoms with E-state index in [-0.39, 0.29) is 11.9 Å². The van der Waals surface area contributed by atoms with Gasteiger partial charge in [-0.05, 0) is 20.9 Å². The molecule has 7 heteroatoms. The standard InChI is InChI=1S/C12H21N5OS/c1-8(2)14-11(18)9-10(13)15-12(19-9)17-6-4-16(3)5-7-17/h8H,4-7,13H2,1-3H3,(H,14,18). The van der Waals surface area contributed by atoms with Gasteiger partial charge in [-0.25, -0.2) is 4.98 Å². The van der Waals surface area contributed by atoms with Gasteiger partial charge >= 0.3 is 0 Å². The van der Waals surface area contributed by atoms with Crippen molar-refractivity contribution < 1.29 is 4.79 Å². The lowest BCUT2D eigenvalue weighted by molar-refractivity contribution is 0.0948. The number of nitrogen functional groups attached to an aromatic ring is 1. The Bertz CT molecular complexity index is 451. The van der Waals surface area contributed by atoms with Crippen LogP contribution in [0.15, 0.2) is 0 Å². The quantitative estimate of drug-likeness (QED) is 0.850. The van der Waals surface area contributed by atoms with E-state index < -0.39 is 0 Å². The fraction of sp³-hybridized carbons (Fsp3) is 0.667. The van der Waals surface area contributed by atoms with Gasteiger partial charge in [0.25, 0.3) is 5.91 Å². The highest BCUT2D eigenvalue weighted by molar-refractivity contribution is 7.18. The van der Waals surface area contributed by atoms with E-state index in [9.17, 15) is 4.79 Å². The van der Waals surface area contributed by atoms with Gasteiger partial charge in [0, 0.05) is 32.2 Å². The molecule has 0 radical (unpaired) electrons. The van der Waals surface area contributed by atoms with Crippen LogP contribution in [0.25, 0.3) is 0 Å². The lowest BCUT2D eigenvalue weighted by Crippen LogP contribution is -2.44. The Morgan fingerprint density at radius 1 is 1.37 bits per heavy atom. The Balaban J connectivity index is 2.10. The topological polar surface area (TPSA) is 74.5 Å². The molecule has 0 unspecified atom stereocenters. The molecule has 0 spiro atoms. The molecule has 0 aromatic carbocycles. The molecule has 0 bridgehead atoms. The van der Waals surface area contributed by atoms with Crippen LogP contribution in [0, 0.1) is 0 Å². The SMILES string of the molecule is CC(C)NC(=O)c1sc(N2CCN(C)CC2)nc1N. The van der Waals surface area contributed by atoms with E-state index in [4.69, 9.17) is 5.73 Å². The summed E-state index contributed by atoms with van der Waals surface area (Å²) in [6.07, 6.45) is 0. The predicted molar refractivity (Wildman–Crippen MR) is 78.8 cm³/mol. The van der Waals surface area contributed by atoms with E-state index in [1.54, 1.807) is 0 Å². The van der Waals surface area contributed by atoms with Crippen molar-refractivity contribution in [3.05, 3.63) is 4.88 Å². The number of anilines is 2. The smallest absolute Gasteiger partial charge is 0.265 e. The highest BCUT2D eigenvalue weighted by atomic mass is 32.1. The Morgan fingerprint density at radius 3 is 2.58 bits per heavy atom. The first-order valence-electron chi connectivity index (χ1n) is 6.48. The van der Waals surface area contributed by atoms with Crippen molar-refractivity contribution >= 4 is 28.2 Å². The Labute approximate surface area is 117 Å². The van der Waals surface area contributed by atoms with Gasteiger partial charge in [-0.2, -0.15) is 0 Å². The number of aromatic nitrogens is 1. The molecule has 2 rings (SSSR count). The lowest BCUT2D eigenvalue weighted by atomic mass is 10.3. The predicted octanol–water partition coefficient (Wildman–Crippen LogP) is 0.615. The van der Waals surface area contributed by atoms with Gasteiger partial charge in [0.2, 0.25) is 0 Å². The first-order chi connectivity index (χ1) is 8.97. The lowest BCUT2D eigenvalue weighted by Gasteiger charge is -2.31. The van der Waals surface area contributed by atoms with Crippen LogP contribution < -0.4 is 16.0 Å². The maximum Gasteiger partial charge on any atom is 0.265 e. The fourth-order valence-corrected chi connectivity index (χ4v) is 2.88. The van der Waals surface area contributed by atoms with Crippen LogP contribution in [0.3, 0.4) is 0 Å². The third kappa shape index (κ3) is 3.36. The second-order valence-electron chi connectivity index (χ2n) is 5.13. The Kier molecular flexibility index (Phi) is 4.26. The summed E-state index contributed by atoms with van der Waals surface area (Å²) in [7, 11) is 2.11. The van der Waals surface area contributed by atoms with Gasteiger partial charge in [-0.1, -0.05) is 11.3 Å². The number of nitrogens with zero attached hydrogens (tertiary/aromatic N) is 3. The Morgan fingerprint density at radius 2 is 2.00 bits per heavy atom. The summed E-state index contributed by atoms with van der Waals surface area (Å²) in [4.78, 5) is 21.3. The number of nitrogens with two attached hydrogens (primary N) is 1. The van der Waals surface area contributed by atoms with Crippen molar-refractivity contribution in [2.45, 2.75) is 19.9 Å². The normalized spacial score (nSPS) is 16.9. The largest absolute Gasteiger partial charge is 0.382 e. The van der Waals surface area contributed by atoms with E-state index in [1.165, 1.54) is 11.3 Å². The first kappa shape index (κ1) is 14.1. The number of carbonyl (C=O) groups is 1. The molecule has 2 heterocycles. The number of rotatable bonds is 3. The number of nitrogens with one attached hydrogen (secondary N) is 1. The van der Waals surface area contributed by atoms with Crippen LogP contribution in [-0.2, 0) is 0 Å². The van der Waals surface area contributed by atoms with Crippen LogP contribution in [0.2, 0.25) is 0 Å². The molecule has 0 aliphatic carbocycles. The van der Waals surface area contributed by atoms with Crippen molar-refractivity contribution in [2.75, 3.05) is 43.9 Å². The minimum atomic E-state index is -0.134. The van der Waals surface area contributed by atoms with Crippen molar-refractivity contribution in [1.82, 2.24) is 15.2 Å². The highest BCUT2D eigenvalue weighted by Crippen LogP contribution is 2.28. The summed E-state index contributed by atoms with van der Waals surface area (Å²) < 4.78 is 0. The zero-order valence-electron chi connectivity index (χ0n) is 11.6. The van der Waals surface area contributed by atoms with E-state index in [0.717, 1.165) is 31.3 Å². The zero-order valence-corrected chi connectivity index (χ0v) is 12.5. The molecule has 1 aliphatic rings. The number of carbonyl (C=O) groups excluding carboxylic acids is 1. The first-order valence-corrected chi connectivity index (χ1v) is 7.29. The number of amides is 1. The number of likely N-dealkylation sites (N-methyl/N-ethyl adjacent to an activating group) is 1. The van der Waals surface area contributed by atoms with Crippen molar-refractivity contribution in [3.8, 4) is 0 Å². The minimum absolute atomic E-state index is 0.0982. The van der Waals surface area contributed by atoms with Crippen molar-refractivity contribution in [3.63, 3.8) is 0 Å². The van der Waals surface area contributed by atoms with Crippen LogP contribution in [0.5, 0.6) is 0 Å². The summed E-state index contributed by atoms with van der Waals surface area (Å²) in [6.45, 7) is 7.72. The van der Waals surface area contributed by atoms with Gasteiger partial charge in [0.15, 0.2) is 5.13 Å². The average Bonchev–Trinajstić information content (AvgIpc) is 2.71. The molecule has 0 saturated carbocycles. The zero-order chi connectivity index (χ0) is 14.0. The van der Waals surface area contributed by atoms with E-state index in [1.807, 2.05) is 13.8 Å². The third-order valence-electron chi connectivity index (χ3n) is 3.04. The monoisotopic (exact) mass is 283 g/mol.